The van der Waals surface area contributed by atoms with Gasteiger partial charge in [0.1, 0.15) is 5.69 Å². The molecule has 2 N–H and O–H groups in total. The van der Waals surface area contributed by atoms with Gasteiger partial charge in [0.05, 0.1) is 17.3 Å². The van der Waals surface area contributed by atoms with E-state index in [9.17, 15) is 13.6 Å². The van der Waals surface area contributed by atoms with Gasteiger partial charge in [-0.2, -0.15) is 5.10 Å². The van der Waals surface area contributed by atoms with Crippen LogP contribution in [0.4, 0.5) is 14.5 Å². The number of nitrogens with zero attached hydrogens (tertiary/aromatic N) is 1. The summed E-state index contributed by atoms with van der Waals surface area (Å²) < 4.78 is 26.9. The highest BCUT2D eigenvalue weighted by Gasteiger charge is 2.23. The van der Waals surface area contributed by atoms with Crippen molar-refractivity contribution in [3.05, 3.63) is 71.4 Å². The van der Waals surface area contributed by atoms with Crippen LogP contribution >= 0.6 is 0 Å². The minimum atomic E-state index is -0.957. The lowest BCUT2D eigenvalue weighted by molar-refractivity contribution is -0.117. The van der Waals surface area contributed by atoms with Gasteiger partial charge in [-0.25, -0.2) is 8.78 Å². The Labute approximate surface area is 156 Å². The smallest absolute Gasteiger partial charge is 0.232 e. The number of benzene rings is 2. The van der Waals surface area contributed by atoms with Crippen LogP contribution < -0.4 is 5.32 Å². The zero-order valence-electron chi connectivity index (χ0n) is 15.2. The van der Waals surface area contributed by atoms with E-state index in [2.05, 4.69) is 15.5 Å². The number of rotatable bonds is 6. The maximum absolute atomic E-state index is 13.7. The van der Waals surface area contributed by atoms with E-state index in [1.54, 1.807) is 0 Å². The molecule has 0 fully saturated rings. The van der Waals surface area contributed by atoms with Crippen LogP contribution in [0.15, 0.2) is 48.5 Å². The van der Waals surface area contributed by atoms with E-state index < -0.39 is 11.6 Å². The maximum atomic E-state index is 13.7. The molecule has 0 unspecified atom stereocenters. The molecule has 1 amide bonds. The van der Waals surface area contributed by atoms with Crippen molar-refractivity contribution in [2.45, 2.75) is 32.6 Å². The quantitative estimate of drug-likeness (QED) is 0.639. The molecule has 1 heterocycles. The topological polar surface area (TPSA) is 57.8 Å². The van der Waals surface area contributed by atoms with Gasteiger partial charge < -0.3 is 5.32 Å². The molecule has 3 rings (SSSR count). The minimum absolute atomic E-state index is 0.163. The van der Waals surface area contributed by atoms with E-state index >= 15 is 0 Å². The van der Waals surface area contributed by atoms with Crippen molar-refractivity contribution >= 4 is 11.6 Å². The fraction of sp³-hybridized carbons (Fsp3) is 0.238. The van der Waals surface area contributed by atoms with Crippen molar-refractivity contribution in [3.63, 3.8) is 0 Å². The van der Waals surface area contributed by atoms with Crippen LogP contribution in [0.1, 0.15) is 37.4 Å². The van der Waals surface area contributed by atoms with Crippen molar-refractivity contribution in [1.29, 1.82) is 0 Å². The van der Waals surface area contributed by atoms with Gasteiger partial charge in [-0.15, -0.1) is 0 Å². The third kappa shape index (κ3) is 3.89. The molecule has 1 atom stereocenters. The predicted octanol–water partition coefficient (Wildman–Crippen LogP) is 5.05. The average Bonchev–Trinajstić information content (AvgIpc) is 3.08. The number of H-pyrrole nitrogens is 1. The molecular weight excluding hydrogens is 348 g/mol. The van der Waals surface area contributed by atoms with E-state index in [1.165, 1.54) is 6.07 Å². The van der Waals surface area contributed by atoms with E-state index in [1.807, 2.05) is 44.2 Å². The molecule has 140 valence electrons. The van der Waals surface area contributed by atoms with Crippen LogP contribution in [-0.2, 0) is 11.2 Å². The summed E-state index contributed by atoms with van der Waals surface area (Å²) in [6, 6.07) is 13.1. The number of anilines is 1. The van der Waals surface area contributed by atoms with Crippen molar-refractivity contribution in [3.8, 4) is 11.3 Å². The first kappa shape index (κ1) is 18.8. The Morgan fingerprint density at radius 3 is 2.48 bits per heavy atom. The molecule has 2 aromatic carbocycles. The number of aromatic amines is 1. The fourth-order valence-electron chi connectivity index (χ4n) is 3.09. The zero-order valence-corrected chi connectivity index (χ0v) is 15.2. The average molecular weight is 369 g/mol. The Kier molecular flexibility index (Phi) is 5.64. The molecule has 6 heteroatoms. The Balaban J connectivity index is 1.95. The number of hydrogen-bond donors (Lipinski definition) is 2. The summed E-state index contributed by atoms with van der Waals surface area (Å²) >= 11 is 0. The highest BCUT2D eigenvalue weighted by molar-refractivity contribution is 5.99. The lowest BCUT2D eigenvalue weighted by Crippen LogP contribution is -2.21. The van der Waals surface area contributed by atoms with Crippen LogP contribution in [0, 0.1) is 11.6 Å². The Hall–Kier alpha value is -3.02. The molecule has 4 nitrogen and oxygen atoms in total. The van der Waals surface area contributed by atoms with E-state index in [-0.39, 0.29) is 11.8 Å². The Morgan fingerprint density at radius 2 is 1.85 bits per heavy atom. The van der Waals surface area contributed by atoms with Gasteiger partial charge in [0.2, 0.25) is 5.91 Å². The molecule has 0 bridgehead atoms. The van der Waals surface area contributed by atoms with Gasteiger partial charge in [0, 0.05) is 5.56 Å². The van der Waals surface area contributed by atoms with Gasteiger partial charge in [0.15, 0.2) is 11.6 Å². The van der Waals surface area contributed by atoms with Crippen LogP contribution in [0.25, 0.3) is 11.3 Å². The van der Waals surface area contributed by atoms with Crippen molar-refractivity contribution in [2.24, 2.45) is 0 Å². The first-order valence-corrected chi connectivity index (χ1v) is 8.93. The zero-order chi connectivity index (χ0) is 19.4. The molecule has 0 saturated heterocycles. The summed E-state index contributed by atoms with van der Waals surface area (Å²) in [5.41, 5.74) is 2.94. The molecule has 0 spiro atoms. The first-order valence-electron chi connectivity index (χ1n) is 8.93. The van der Waals surface area contributed by atoms with E-state index in [0.717, 1.165) is 23.4 Å². The molecule has 27 heavy (non-hydrogen) atoms. The Morgan fingerprint density at radius 1 is 1.11 bits per heavy atom. The number of amides is 1. The summed E-state index contributed by atoms with van der Waals surface area (Å²) in [5, 5.41) is 10.0. The number of hydrogen-bond acceptors (Lipinski definition) is 2. The first-order chi connectivity index (χ1) is 13.0. The molecule has 0 aliphatic carbocycles. The SMILES string of the molecule is CCc1[nH]nc(-c2ccc(F)c(F)c2)c1NC(=O)[C@@H](CC)c1ccccc1. The predicted molar refractivity (Wildman–Crippen MR) is 101 cm³/mol. The van der Waals surface area contributed by atoms with Crippen molar-refractivity contribution < 1.29 is 13.6 Å². The van der Waals surface area contributed by atoms with Crippen molar-refractivity contribution in [2.75, 3.05) is 5.32 Å². The summed E-state index contributed by atoms with van der Waals surface area (Å²) in [6.45, 7) is 3.87. The van der Waals surface area contributed by atoms with E-state index in [4.69, 9.17) is 0 Å². The standard InChI is InChI=1S/C21H21F2N3O/c1-3-15(13-8-6-5-7-9-13)21(27)24-20-18(4-2)25-26-19(20)14-10-11-16(22)17(23)12-14/h5-12,15H,3-4H2,1-2H3,(H,24,27)(H,25,26)/t15-/m0/s1. The molecule has 0 saturated carbocycles. The monoisotopic (exact) mass is 369 g/mol. The van der Waals surface area contributed by atoms with Crippen molar-refractivity contribution in [1.82, 2.24) is 10.2 Å². The summed E-state index contributed by atoms with van der Waals surface area (Å²) in [6.07, 6.45) is 1.24. The number of aromatic nitrogens is 2. The maximum Gasteiger partial charge on any atom is 0.232 e. The molecular formula is C21H21F2N3O. The van der Waals surface area contributed by atoms with Gasteiger partial charge in [-0.3, -0.25) is 9.89 Å². The third-order valence-electron chi connectivity index (χ3n) is 4.56. The Bertz CT molecular complexity index is 938. The molecule has 0 radical (unpaired) electrons. The minimum Gasteiger partial charge on any atom is -0.322 e. The molecule has 0 aliphatic heterocycles. The normalized spacial score (nSPS) is 12.0. The number of nitrogens with one attached hydrogen (secondary N) is 2. The second-order valence-corrected chi connectivity index (χ2v) is 6.27. The number of carbonyl (C=O) groups is 1. The lowest BCUT2D eigenvalue weighted by atomic mass is 9.95. The largest absolute Gasteiger partial charge is 0.322 e. The summed E-state index contributed by atoms with van der Waals surface area (Å²) in [7, 11) is 0. The summed E-state index contributed by atoms with van der Waals surface area (Å²) in [4.78, 5) is 12.9. The number of halogens is 2. The third-order valence-corrected chi connectivity index (χ3v) is 4.56. The highest BCUT2D eigenvalue weighted by atomic mass is 19.2. The second-order valence-electron chi connectivity index (χ2n) is 6.27. The fourth-order valence-corrected chi connectivity index (χ4v) is 3.09. The van der Waals surface area contributed by atoms with Gasteiger partial charge in [0.25, 0.3) is 0 Å². The number of aryl methyl sites for hydroxylation is 1. The van der Waals surface area contributed by atoms with Crippen LogP contribution in [0.2, 0.25) is 0 Å². The highest BCUT2D eigenvalue weighted by Crippen LogP contribution is 2.31. The van der Waals surface area contributed by atoms with Crippen LogP contribution in [0.5, 0.6) is 0 Å². The number of carbonyl (C=O) groups excluding carboxylic acids is 1. The van der Waals surface area contributed by atoms with Gasteiger partial charge in [-0.1, -0.05) is 44.2 Å². The second kappa shape index (κ2) is 8.12. The lowest BCUT2D eigenvalue weighted by Gasteiger charge is -2.16. The molecule has 3 aromatic rings. The van der Waals surface area contributed by atoms with Crippen LogP contribution in [0.3, 0.4) is 0 Å². The van der Waals surface area contributed by atoms with Crippen LogP contribution in [-0.4, -0.2) is 16.1 Å². The van der Waals surface area contributed by atoms with Gasteiger partial charge >= 0.3 is 0 Å². The van der Waals surface area contributed by atoms with Gasteiger partial charge in [-0.05, 0) is 36.6 Å². The molecule has 1 aromatic heterocycles. The molecule has 0 aliphatic rings. The summed E-state index contributed by atoms with van der Waals surface area (Å²) in [5.74, 6) is -2.36. The van der Waals surface area contributed by atoms with E-state index in [0.29, 0.717) is 29.8 Å².